The van der Waals surface area contributed by atoms with Gasteiger partial charge in [-0.05, 0) is 23.1 Å². The molecule has 0 aliphatic rings. The van der Waals surface area contributed by atoms with Crippen LogP contribution in [0.3, 0.4) is 0 Å². The lowest BCUT2D eigenvalue weighted by Gasteiger charge is -2.19. The summed E-state index contributed by atoms with van der Waals surface area (Å²) in [5, 5.41) is 3.85. The van der Waals surface area contributed by atoms with E-state index >= 15 is 0 Å². The van der Waals surface area contributed by atoms with E-state index in [4.69, 9.17) is 5.73 Å². The minimum atomic E-state index is -3.83. The second-order valence-electron chi connectivity index (χ2n) is 6.27. The molecule has 0 spiro atoms. The molecule has 3 N–H and O–H groups in total. The number of hydrogen-bond donors (Lipinski definition) is 2. The number of hydrogen-bond acceptors (Lipinski definition) is 4. The van der Waals surface area contributed by atoms with Crippen molar-refractivity contribution in [3.8, 4) is 0 Å². The molecule has 1 heterocycles. The third-order valence-corrected chi connectivity index (χ3v) is 4.83. The second-order valence-corrected chi connectivity index (χ2v) is 7.96. The van der Waals surface area contributed by atoms with Crippen molar-refractivity contribution in [3.63, 3.8) is 0 Å². The molecular weight excluding hydrogens is 316 g/mol. The van der Waals surface area contributed by atoms with Gasteiger partial charge in [-0.25, -0.2) is 8.42 Å². The molecule has 0 aliphatic heterocycles. The van der Waals surface area contributed by atoms with Gasteiger partial charge < -0.3 is 5.73 Å². The molecule has 8 heteroatoms. The number of aromatic nitrogens is 2. The first-order valence-corrected chi connectivity index (χ1v) is 8.46. The van der Waals surface area contributed by atoms with Crippen LogP contribution in [0.25, 0.3) is 0 Å². The Kier molecular flexibility index (Phi) is 4.21. The van der Waals surface area contributed by atoms with Gasteiger partial charge in [0.25, 0.3) is 15.9 Å². The molecule has 0 saturated heterocycles. The van der Waals surface area contributed by atoms with Crippen molar-refractivity contribution in [2.75, 3.05) is 4.72 Å². The van der Waals surface area contributed by atoms with Crippen LogP contribution >= 0.6 is 0 Å². The minimum Gasteiger partial charge on any atom is -0.364 e. The maximum Gasteiger partial charge on any atom is 0.269 e. The van der Waals surface area contributed by atoms with E-state index in [1.807, 2.05) is 20.8 Å². The largest absolute Gasteiger partial charge is 0.364 e. The van der Waals surface area contributed by atoms with E-state index in [1.54, 1.807) is 12.1 Å². The van der Waals surface area contributed by atoms with Crippen LogP contribution in [0.2, 0.25) is 0 Å². The fraction of sp³-hybridized carbons (Fsp3) is 0.333. The van der Waals surface area contributed by atoms with Gasteiger partial charge in [0.1, 0.15) is 5.69 Å². The number of rotatable bonds is 4. The fourth-order valence-corrected chi connectivity index (χ4v) is 3.19. The Morgan fingerprint density at radius 3 is 2.26 bits per heavy atom. The van der Waals surface area contributed by atoms with Crippen LogP contribution in [-0.4, -0.2) is 24.1 Å². The quantitative estimate of drug-likeness (QED) is 0.884. The highest BCUT2D eigenvalue weighted by atomic mass is 32.2. The van der Waals surface area contributed by atoms with E-state index in [0.717, 1.165) is 5.56 Å². The average Bonchev–Trinajstić information content (AvgIpc) is 2.78. The lowest BCUT2D eigenvalue weighted by Crippen LogP contribution is -2.20. The summed E-state index contributed by atoms with van der Waals surface area (Å²) in [5.74, 6) is -0.759. The van der Waals surface area contributed by atoms with Crippen LogP contribution in [0, 0.1) is 0 Å². The zero-order valence-corrected chi connectivity index (χ0v) is 14.3. The van der Waals surface area contributed by atoms with E-state index in [9.17, 15) is 13.2 Å². The van der Waals surface area contributed by atoms with E-state index in [2.05, 4.69) is 9.82 Å². The number of nitrogens with zero attached hydrogens (tertiary/aromatic N) is 2. The topological polar surface area (TPSA) is 107 Å². The zero-order chi connectivity index (χ0) is 17.4. The highest BCUT2D eigenvalue weighted by molar-refractivity contribution is 7.92. The van der Waals surface area contributed by atoms with E-state index in [0.29, 0.717) is 0 Å². The Labute approximate surface area is 135 Å². The van der Waals surface area contributed by atoms with Crippen LogP contribution in [0.5, 0.6) is 0 Å². The van der Waals surface area contributed by atoms with Gasteiger partial charge in [0.15, 0.2) is 0 Å². The van der Waals surface area contributed by atoms with Gasteiger partial charge in [0.05, 0.1) is 16.8 Å². The number of carbonyl (C=O) groups is 1. The highest BCUT2D eigenvalue weighted by Crippen LogP contribution is 2.25. The van der Waals surface area contributed by atoms with Crippen LogP contribution in [0.4, 0.5) is 5.69 Å². The molecule has 0 bridgehead atoms. The predicted molar refractivity (Wildman–Crippen MR) is 87.7 cm³/mol. The van der Waals surface area contributed by atoms with Crippen molar-refractivity contribution >= 4 is 21.6 Å². The smallest absolute Gasteiger partial charge is 0.269 e. The van der Waals surface area contributed by atoms with E-state index in [1.165, 1.54) is 30.1 Å². The highest BCUT2D eigenvalue weighted by Gasteiger charge is 2.22. The summed E-state index contributed by atoms with van der Waals surface area (Å²) < 4.78 is 28.5. The molecule has 0 atom stereocenters. The van der Waals surface area contributed by atoms with E-state index in [-0.39, 0.29) is 21.7 Å². The number of aryl methyl sites for hydroxylation is 1. The first kappa shape index (κ1) is 17.0. The number of anilines is 1. The lowest BCUT2D eigenvalue weighted by atomic mass is 9.87. The molecule has 1 aromatic carbocycles. The van der Waals surface area contributed by atoms with Crippen molar-refractivity contribution < 1.29 is 13.2 Å². The molecule has 1 aromatic heterocycles. The fourth-order valence-electron chi connectivity index (χ4n) is 2.14. The molecule has 1 amide bonds. The Hall–Kier alpha value is -2.35. The number of benzene rings is 1. The summed E-state index contributed by atoms with van der Waals surface area (Å²) in [7, 11) is -2.32. The monoisotopic (exact) mass is 336 g/mol. The van der Waals surface area contributed by atoms with Crippen molar-refractivity contribution in [1.82, 2.24) is 9.78 Å². The Morgan fingerprint density at radius 1 is 1.22 bits per heavy atom. The van der Waals surface area contributed by atoms with Crippen LogP contribution in [0.15, 0.2) is 35.4 Å². The lowest BCUT2D eigenvalue weighted by molar-refractivity contribution is 0.0992. The summed E-state index contributed by atoms with van der Waals surface area (Å²) in [6.07, 6.45) is 1.25. The molecule has 124 valence electrons. The van der Waals surface area contributed by atoms with Crippen molar-refractivity contribution in [2.45, 2.75) is 31.1 Å². The van der Waals surface area contributed by atoms with Gasteiger partial charge >= 0.3 is 0 Å². The first-order chi connectivity index (χ1) is 10.5. The van der Waals surface area contributed by atoms with Crippen molar-refractivity contribution in [3.05, 3.63) is 41.7 Å². The normalized spacial score (nSPS) is 12.2. The number of primary amides is 1. The molecule has 2 aromatic rings. The summed E-state index contributed by atoms with van der Waals surface area (Å²) in [6.45, 7) is 6.14. The molecule has 7 nitrogen and oxygen atoms in total. The maximum absolute atomic E-state index is 12.4. The molecule has 2 rings (SSSR count). The van der Waals surface area contributed by atoms with Crippen molar-refractivity contribution in [2.24, 2.45) is 12.8 Å². The van der Waals surface area contributed by atoms with Gasteiger partial charge in [0, 0.05) is 7.05 Å². The van der Waals surface area contributed by atoms with Gasteiger partial charge in [-0.2, -0.15) is 5.10 Å². The minimum absolute atomic E-state index is 0.000105. The summed E-state index contributed by atoms with van der Waals surface area (Å²) in [4.78, 5) is 11.5. The molecule has 0 fully saturated rings. The zero-order valence-electron chi connectivity index (χ0n) is 13.5. The molecule has 0 aliphatic carbocycles. The Morgan fingerprint density at radius 2 is 1.78 bits per heavy atom. The Balaban J connectivity index is 2.35. The standard InChI is InChI=1S/C15H20N4O3S/c1-15(2,3)10-5-7-11(8-6-10)23(21,22)18-12-9-17-19(4)13(12)14(16)20/h5-9,18H,1-4H3,(H2,16,20). The summed E-state index contributed by atoms with van der Waals surface area (Å²) in [5.41, 5.74) is 6.26. The third kappa shape index (κ3) is 3.53. The second kappa shape index (κ2) is 5.69. The Bertz CT molecular complexity index is 831. The molecule has 0 radical (unpaired) electrons. The average molecular weight is 336 g/mol. The molecule has 23 heavy (non-hydrogen) atoms. The number of nitrogens with one attached hydrogen (secondary N) is 1. The predicted octanol–water partition coefficient (Wildman–Crippen LogP) is 1.62. The van der Waals surface area contributed by atoms with Gasteiger partial charge in [-0.15, -0.1) is 0 Å². The van der Waals surface area contributed by atoms with Crippen LogP contribution in [-0.2, 0) is 22.5 Å². The molecule has 0 unspecified atom stereocenters. The maximum atomic E-state index is 12.4. The van der Waals surface area contributed by atoms with Gasteiger partial charge in [-0.1, -0.05) is 32.9 Å². The molecule has 0 saturated carbocycles. The third-order valence-electron chi connectivity index (χ3n) is 3.45. The first-order valence-electron chi connectivity index (χ1n) is 6.97. The summed E-state index contributed by atoms with van der Waals surface area (Å²) >= 11 is 0. The van der Waals surface area contributed by atoms with Crippen LogP contribution < -0.4 is 10.5 Å². The van der Waals surface area contributed by atoms with Crippen molar-refractivity contribution in [1.29, 1.82) is 0 Å². The number of carbonyl (C=O) groups excluding carboxylic acids is 1. The number of nitrogens with two attached hydrogens (primary N) is 1. The molecular formula is C15H20N4O3S. The van der Waals surface area contributed by atoms with Gasteiger partial charge in [0.2, 0.25) is 0 Å². The number of sulfonamides is 1. The number of amides is 1. The summed E-state index contributed by atoms with van der Waals surface area (Å²) in [6, 6.07) is 6.60. The SMILES string of the molecule is Cn1ncc(NS(=O)(=O)c2ccc(C(C)(C)C)cc2)c1C(N)=O. The van der Waals surface area contributed by atoms with Gasteiger partial charge in [-0.3, -0.25) is 14.2 Å². The van der Waals surface area contributed by atoms with Crippen LogP contribution in [0.1, 0.15) is 36.8 Å². The van der Waals surface area contributed by atoms with E-state index < -0.39 is 15.9 Å².